The second-order valence-corrected chi connectivity index (χ2v) is 22.3. The molecule has 58 heavy (non-hydrogen) atoms. The molecule has 0 spiro atoms. The quantitative estimate of drug-likeness (QED) is 0.215. The molecular formula is C48H72N6O4. The first-order chi connectivity index (χ1) is 27.1. The van der Waals surface area contributed by atoms with E-state index in [4.69, 9.17) is 25.3 Å². The number of amidine groups is 1. The molecule has 2 aliphatic heterocycles. The van der Waals surface area contributed by atoms with Crippen molar-refractivity contribution < 1.29 is 19.4 Å². The number of benzene rings is 1. The summed E-state index contributed by atoms with van der Waals surface area (Å²) in [4.78, 5) is 23.3. The highest BCUT2D eigenvalue weighted by Crippen LogP contribution is 2.75. The molecule has 6 aliphatic rings. The van der Waals surface area contributed by atoms with Gasteiger partial charge in [-0.05, 0) is 96.2 Å². The number of hydrogen-bond acceptors (Lipinski definition) is 8. The van der Waals surface area contributed by atoms with Crippen molar-refractivity contribution in [2.24, 2.45) is 72.8 Å². The maximum atomic E-state index is 13.7. The Bertz CT molecular complexity index is 1960. The highest BCUT2D eigenvalue weighted by molar-refractivity contribution is 6.00. The number of aliphatic carboxylic acids is 1. The van der Waals surface area contributed by atoms with Crippen molar-refractivity contribution >= 4 is 11.8 Å². The van der Waals surface area contributed by atoms with Crippen molar-refractivity contribution in [1.29, 1.82) is 0 Å². The van der Waals surface area contributed by atoms with E-state index in [0.29, 0.717) is 31.7 Å². The smallest absolute Gasteiger partial charge is 0.307 e. The highest BCUT2D eigenvalue weighted by atomic mass is 16.5. The highest BCUT2D eigenvalue weighted by Gasteiger charge is 2.73. The number of nitrogens with two attached hydrogens (primary N) is 1. The van der Waals surface area contributed by atoms with Crippen molar-refractivity contribution in [1.82, 2.24) is 20.1 Å². The lowest BCUT2D eigenvalue weighted by Crippen LogP contribution is -2.70. The molecule has 8 rings (SSSR count). The molecule has 4 N–H and O–H groups in total. The third kappa shape index (κ3) is 5.94. The SMILES string of the molecule is CC(C)[C@@H](C)[C@@]1(C)CC[C@]2(C)[C@H]3CC[C@@H]4[C@@]5(C)COC[C@@]4(C3=CC[C@@]2(C)[C@@H]1C(=O)O)[C@@H](OC[C@](C)(N)C(C)(C)C)[C@H](n1ncnc1-c1ccc(C2=NCCN2)cc1)C5. The van der Waals surface area contributed by atoms with Gasteiger partial charge in [-0.1, -0.05) is 105 Å². The van der Waals surface area contributed by atoms with Gasteiger partial charge in [0.25, 0.3) is 0 Å². The van der Waals surface area contributed by atoms with Crippen LogP contribution in [0.15, 0.2) is 47.2 Å². The molecule has 3 saturated carbocycles. The van der Waals surface area contributed by atoms with Crippen molar-refractivity contribution in [2.75, 3.05) is 32.9 Å². The molecule has 1 aromatic heterocycles. The Morgan fingerprint density at radius 3 is 2.38 bits per heavy atom. The molecule has 1 saturated heterocycles. The van der Waals surface area contributed by atoms with Gasteiger partial charge in [0.05, 0.1) is 44.4 Å². The van der Waals surface area contributed by atoms with Crippen LogP contribution in [-0.2, 0) is 14.3 Å². The zero-order chi connectivity index (χ0) is 41.8. The fourth-order valence-corrected chi connectivity index (χ4v) is 13.6. The first-order valence-electron chi connectivity index (χ1n) is 22.3. The van der Waals surface area contributed by atoms with Gasteiger partial charge in [0.15, 0.2) is 5.82 Å². The van der Waals surface area contributed by atoms with Gasteiger partial charge in [0.2, 0.25) is 0 Å². The van der Waals surface area contributed by atoms with Crippen molar-refractivity contribution in [3.63, 3.8) is 0 Å². The molecule has 1 aromatic carbocycles. The molecule has 0 radical (unpaired) electrons. The first kappa shape index (κ1) is 41.6. The van der Waals surface area contributed by atoms with E-state index in [1.807, 2.05) is 0 Å². The van der Waals surface area contributed by atoms with E-state index in [-0.39, 0.29) is 45.6 Å². The Morgan fingerprint density at radius 2 is 1.74 bits per heavy atom. The monoisotopic (exact) mass is 797 g/mol. The van der Waals surface area contributed by atoms with Gasteiger partial charge in [-0.3, -0.25) is 9.79 Å². The van der Waals surface area contributed by atoms with Crippen LogP contribution in [0.1, 0.15) is 126 Å². The number of carboxylic acids is 1. The number of ether oxygens (including phenoxy) is 2. The predicted octanol–water partition coefficient (Wildman–Crippen LogP) is 8.57. The van der Waals surface area contributed by atoms with Crippen molar-refractivity contribution in [2.45, 2.75) is 132 Å². The average Bonchev–Trinajstić information content (AvgIpc) is 3.87. The summed E-state index contributed by atoms with van der Waals surface area (Å²) in [5, 5.41) is 19.7. The number of rotatable bonds is 9. The maximum absolute atomic E-state index is 13.7. The number of carboxylic acid groups (broad SMARTS) is 1. The standard InChI is InChI=1S/C48H72N6O4/c1-29(2)30(3)44(8)20-21-45(9)33-16-17-36-43(7)24-35(54-40(52-28-53-54)32-14-12-31(13-15-32)39-50-22-23-51-39)38(58-26-47(11,49)42(4,5)6)48(36,27-57-25-43)34(33)18-19-46(45,10)37(44)41(55)56/h12-15,18,28-30,33,35-38H,16-17,19-27,49H2,1-11H3,(H,50,51)(H,55,56)/t30-,33+,35-,36-,37-,38+,43-,44-,45-,46+,47+,48+/m1/s1. The van der Waals surface area contributed by atoms with Gasteiger partial charge >= 0.3 is 5.97 Å². The van der Waals surface area contributed by atoms with Gasteiger partial charge in [0.1, 0.15) is 12.2 Å². The van der Waals surface area contributed by atoms with E-state index in [1.54, 1.807) is 6.33 Å². The molecule has 3 heterocycles. The Labute approximate surface area is 347 Å². The molecule has 0 amide bonds. The summed E-state index contributed by atoms with van der Waals surface area (Å²) >= 11 is 0. The molecule has 4 fully saturated rings. The van der Waals surface area contributed by atoms with Crippen LogP contribution in [0, 0.1) is 62.1 Å². The van der Waals surface area contributed by atoms with Crippen LogP contribution in [0.3, 0.4) is 0 Å². The van der Waals surface area contributed by atoms with Gasteiger partial charge in [-0.25, -0.2) is 9.67 Å². The van der Waals surface area contributed by atoms with Crippen LogP contribution in [-0.4, -0.2) is 76.2 Å². The number of aromatic nitrogens is 3. The van der Waals surface area contributed by atoms with Crippen LogP contribution in [0.25, 0.3) is 11.4 Å². The molecule has 10 heteroatoms. The third-order valence-electron chi connectivity index (χ3n) is 18.3. The Hall–Kier alpha value is -3.08. The lowest BCUT2D eigenvalue weighted by atomic mass is 9.34. The van der Waals surface area contributed by atoms with E-state index in [1.165, 1.54) is 5.57 Å². The number of nitrogens with one attached hydrogen (secondary N) is 1. The average molecular weight is 797 g/mol. The molecule has 2 aromatic rings. The fraction of sp³-hybridized carbons (Fsp3) is 0.750. The van der Waals surface area contributed by atoms with Crippen LogP contribution in [0.2, 0.25) is 0 Å². The van der Waals surface area contributed by atoms with Crippen LogP contribution < -0.4 is 11.1 Å². The minimum atomic E-state index is -0.636. The van der Waals surface area contributed by atoms with Crippen molar-refractivity contribution in [3.05, 3.63) is 47.8 Å². The first-order valence-corrected chi connectivity index (χ1v) is 22.3. The molecule has 0 unspecified atom stereocenters. The summed E-state index contributed by atoms with van der Waals surface area (Å²) in [6.07, 6.45) is 9.52. The Kier molecular flexibility index (Phi) is 10.0. The predicted molar refractivity (Wildman–Crippen MR) is 229 cm³/mol. The molecule has 2 bridgehead atoms. The van der Waals surface area contributed by atoms with E-state index in [9.17, 15) is 9.90 Å². The minimum absolute atomic E-state index is 0.131. The lowest BCUT2D eigenvalue weighted by molar-refractivity contribution is -0.255. The molecule has 4 aliphatic carbocycles. The van der Waals surface area contributed by atoms with Crippen LogP contribution in [0.5, 0.6) is 0 Å². The number of aliphatic imine (C=N–C) groups is 1. The second kappa shape index (κ2) is 14.0. The van der Waals surface area contributed by atoms with E-state index >= 15 is 0 Å². The summed E-state index contributed by atoms with van der Waals surface area (Å²) in [5.41, 5.74) is 8.39. The summed E-state index contributed by atoms with van der Waals surface area (Å²) in [6, 6.07) is 8.39. The Balaban J connectivity index is 1.27. The van der Waals surface area contributed by atoms with Gasteiger partial charge < -0.3 is 25.6 Å². The summed E-state index contributed by atoms with van der Waals surface area (Å²) in [5.74, 6) is 1.91. The van der Waals surface area contributed by atoms with E-state index in [2.05, 4.69) is 121 Å². The van der Waals surface area contributed by atoms with Gasteiger partial charge in [-0.2, -0.15) is 5.10 Å². The number of hydrogen-bond donors (Lipinski definition) is 3. The zero-order valence-corrected chi connectivity index (χ0v) is 37.3. The van der Waals surface area contributed by atoms with Gasteiger partial charge in [0, 0.05) is 28.6 Å². The second-order valence-electron chi connectivity index (χ2n) is 22.3. The van der Waals surface area contributed by atoms with E-state index < -0.39 is 28.3 Å². The van der Waals surface area contributed by atoms with Gasteiger partial charge in [-0.15, -0.1) is 0 Å². The van der Waals surface area contributed by atoms with Crippen LogP contribution >= 0.6 is 0 Å². The van der Waals surface area contributed by atoms with Crippen LogP contribution in [0.4, 0.5) is 0 Å². The minimum Gasteiger partial charge on any atom is -0.481 e. The Morgan fingerprint density at radius 1 is 1.03 bits per heavy atom. The third-order valence-corrected chi connectivity index (χ3v) is 18.3. The maximum Gasteiger partial charge on any atom is 0.307 e. The fourth-order valence-electron chi connectivity index (χ4n) is 13.6. The molecular weight excluding hydrogens is 725 g/mol. The molecule has 10 nitrogen and oxygen atoms in total. The largest absolute Gasteiger partial charge is 0.481 e. The molecule has 12 atom stereocenters. The summed E-state index contributed by atoms with van der Waals surface area (Å²) in [6.45, 7) is 28.3. The number of allylic oxidation sites excluding steroid dienone is 1. The summed E-state index contributed by atoms with van der Waals surface area (Å²) < 4.78 is 16.5. The van der Waals surface area contributed by atoms with Crippen molar-refractivity contribution in [3.8, 4) is 11.4 Å². The summed E-state index contributed by atoms with van der Waals surface area (Å²) in [7, 11) is 0. The topological polar surface area (TPSA) is 137 Å². The number of carbonyl (C=O) groups is 1. The number of nitrogens with zero attached hydrogens (tertiary/aromatic N) is 4. The number of fused-ring (bicyclic) bond motifs is 3. The lowest BCUT2D eigenvalue weighted by Gasteiger charge is -2.71. The van der Waals surface area contributed by atoms with E-state index in [0.717, 1.165) is 74.4 Å². The molecule has 318 valence electrons. The zero-order valence-electron chi connectivity index (χ0n) is 37.3. The normalized spacial score (nSPS) is 40.0.